The van der Waals surface area contributed by atoms with Crippen molar-refractivity contribution in [3.8, 4) is 0 Å². The third-order valence-corrected chi connectivity index (χ3v) is 6.49. The smallest absolute Gasteiger partial charge is 0.273 e. The molecule has 1 aliphatic heterocycles. The van der Waals surface area contributed by atoms with Crippen LogP contribution in [0.25, 0.3) is 0 Å². The second-order valence-corrected chi connectivity index (χ2v) is 8.22. The Morgan fingerprint density at radius 1 is 1.27 bits per heavy atom. The second-order valence-electron chi connectivity index (χ2n) is 6.96. The fourth-order valence-electron chi connectivity index (χ4n) is 3.49. The Bertz CT molecular complexity index is 922. The molecule has 0 fully saturated rings. The summed E-state index contributed by atoms with van der Waals surface area (Å²) in [5, 5.41) is 6.11. The van der Waals surface area contributed by atoms with E-state index < -0.39 is 22.6 Å². The molecule has 30 heavy (non-hydrogen) atoms. The molecular formula is C22H25F2N3O2S. The maximum absolute atomic E-state index is 14.5. The highest BCUT2D eigenvalue weighted by Gasteiger charge is 2.49. The number of halogens is 2. The first-order valence-corrected chi connectivity index (χ1v) is 10.6. The summed E-state index contributed by atoms with van der Waals surface area (Å²) in [4.78, 5) is 12.4. The molecule has 2 N–H and O–H groups in total. The average molecular weight is 434 g/mol. The van der Waals surface area contributed by atoms with E-state index in [9.17, 15) is 13.6 Å². The number of hydrogen-bond acceptors (Lipinski definition) is 5. The lowest BCUT2D eigenvalue weighted by Crippen LogP contribution is -2.46. The second kappa shape index (κ2) is 9.68. The molecule has 2 aromatic rings. The molecule has 0 aromatic heterocycles. The first kappa shape index (κ1) is 22.4. The van der Waals surface area contributed by atoms with Crippen LogP contribution in [0.2, 0.25) is 0 Å². The number of rotatable bonds is 8. The molecule has 2 aromatic carbocycles. The van der Waals surface area contributed by atoms with Gasteiger partial charge in [-0.15, -0.1) is 0 Å². The van der Waals surface area contributed by atoms with Gasteiger partial charge in [-0.2, -0.15) is 5.10 Å². The average Bonchev–Trinajstić information content (AvgIpc) is 3.16. The van der Waals surface area contributed by atoms with Crippen LogP contribution in [0.3, 0.4) is 0 Å². The number of carbonyl (C=O) groups is 1. The largest absolute Gasteiger partial charge is 0.372 e. The van der Waals surface area contributed by atoms with Crippen LogP contribution in [-0.4, -0.2) is 35.7 Å². The Morgan fingerprint density at radius 2 is 2.00 bits per heavy atom. The molecule has 1 amide bonds. The van der Waals surface area contributed by atoms with Gasteiger partial charge in [0, 0.05) is 12.7 Å². The summed E-state index contributed by atoms with van der Waals surface area (Å²) in [5.41, 5.74) is 6.64. The topological polar surface area (TPSA) is 67.9 Å². The van der Waals surface area contributed by atoms with Crippen LogP contribution in [0.4, 0.5) is 8.78 Å². The summed E-state index contributed by atoms with van der Waals surface area (Å²) in [5.74, 6) is -1.51. The van der Waals surface area contributed by atoms with E-state index in [0.29, 0.717) is 25.8 Å². The van der Waals surface area contributed by atoms with Crippen molar-refractivity contribution in [1.29, 1.82) is 0 Å². The van der Waals surface area contributed by atoms with Crippen molar-refractivity contribution in [2.45, 2.75) is 37.2 Å². The summed E-state index contributed by atoms with van der Waals surface area (Å²) in [6, 6.07) is 12.6. The number of methoxy groups -OCH3 is 1. The van der Waals surface area contributed by atoms with E-state index in [1.165, 1.54) is 23.9 Å². The van der Waals surface area contributed by atoms with Gasteiger partial charge in [-0.3, -0.25) is 4.79 Å². The standard InChI is InChI=1S/C22H25F2N3O2S/c1-3-19(29-2)21(28)27-22(12-7-13-25,15-8-5-4-6-9-15)30-20(26-27)17-14-16(23)10-11-18(17)24/h4-6,8-11,14,19H,3,7,12-13,25H2,1-2H3/t19-,22-/m0/s1. The lowest BCUT2D eigenvalue weighted by atomic mass is 9.99. The number of benzene rings is 2. The minimum Gasteiger partial charge on any atom is -0.372 e. The molecule has 160 valence electrons. The van der Waals surface area contributed by atoms with Crippen LogP contribution in [0, 0.1) is 11.6 Å². The molecule has 0 aliphatic carbocycles. The lowest BCUT2D eigenvalue weighted by molar-refractivity contribution is -0.146. The van der Waals surface area contributed by atoms with Gasteiger partial charge in [-0.25, -0.2) is 13.8 Å². The van der Waals surface area contributed by atoms with Crippen LogP contribution in [0.1, 0.15) is 37.3 Å². The van der Waals surface area contributed by atoms with Crippen molar-refractivity contribution in [3.05, 3.63) is 71.3 Å². The summed E-state index contributed by atoms with van der Waals surface area (Å²) in [7, 11) is 1.47. The maximum atomic E-state index is 14.5. The van der Waals surface area contributed by atoms with E-state index in [4.69, 9.17) is 10.5 Å². The Balaban J connectivity index is 2.16. The normalized spacial score (nSPS) is 19.6. The van der Waals surface area contributed by atoms with Crippen molar-refractivity contribution < 1.29 is 18.3 Å². The molecule has 8 heteroatoms. The molecule has 3 rings (SSSR count). The van der Waals surface area contributed by atoms with Gasteiger partial charge in [-0.05, 0) is 49.6 Å². The van der Waals surface area contributed by atoms with Crippen LogP contribution in [0.15, 0.2) is 53.6 Å². The van der Waals surface area contributed by atoms with Gasteiger partial charge in [0.25, 0.3) is 5.91 Å². The third kappa shape index (κ3) is 4.26. The first-order chi connectivity index (χ1) is 14.5. The summed E-state index contributed by atoms with van der Waals surface area (Å²) < 4.78 is 33.8. The van der Waals surface area contributed by atoms with Gasteiger partial charge in [0.15, 0.2) is 0 Å². The third-order valence-electron chi connectivity index (χ3n) is 5.04. The molecule has 5 nitrogen and oxygen atoms in total. The summed E-state index contributed by atoms with van der Waals surface area (Å²) in [6.07, 6.45) is 0.863. The van der Waals surface area contributed by atoms with Crippen LogP contribution in [-0.2, 0) is 14.4 Å². The minimum absolute atomic E-state index is 0.0221. The fourth-order valence-corrected chi connectivity index (χ4v) is 4.92. The number of nitrogens with two attached hydrogens (primary N) is 1. The van der Waals surface area contributed by atoms with Gasteiger partial charge >= 0.3 is 0 Å². The molecule has 0 saturated heterocycles. The monoisotopic (exact) mass is 433 g/mol. The van der Waals surface area contributed by atoms with Gasteiger partial charge in [0.05, 0.1) is 0 Å². The minimum atomic E-state index is -0.933. The van der Waals surface area contributed by atoms with Crippen molar-refractivity contribution >= 4 is 22.7 Å². The summed E-state index contributed by atoms with van der Waals surface area (Å²) >= 11 is 1.24. The Labute approximate surface area is 179 Å². The highest BCUT2D eigenvalue weighted by atomic mass is 32.2. The number of amides is 1. The van der Waals surface area contributed by atoms with E-state index in [0.717, 1.165) is 23.8 Å². The lowest BCUT2D eigenvalue weighted by Gasteiger charge is -2.37. The molecule has 0 radical (unpaired) electrons. The number of thioether (sulfide) groups is 1. The highest BCUT2D eigenvalue weighted by molar-refractivity contribution is 8.15. The fraction of sp³-hybridized carbons (Fsp3) is 0.364. The van der Waals surface area contributed by atoms with Gasteiger partial charge in [0.1, 0.15) is 27.7 Å². The van der Waals surface area contributed by atoms with E-state index in [1.807, 2.05) is 37.3 Å². The van der Waals surface area contributed by atoms with Gasteiger partial charge in [0.2, 0.25) is 0 Å². The Kier molecular flexibility index (Phi) is 7.23. The molecule has 0 saturated carbocycles. The Hall–Kier alpha value is -2.29. The summed E-state index contributed by atoms with van der Waals surface area (Å²) in [6.45, 7) is 2.26. The number of nitrogens with zero attached hydrogens (tertiary/aromatic N) is 2. The molecule has 0 unspecified atom stereocenters. The predicted molar refractivity (Wildman–Crippen MR) is 115 cm³/mol. The zero-order valence-electron chi connectivity index (χ0n) is 17.0. The van der Waals surface area contributed by atoms with Crippen molar-refractivity contribution in [3.63, 3.8) is 0 Å². The van der Waals surface area contributed by atoms with Crippen molar-refractivity contribution in [2.75, 3.05) is 13.7 Å². The number of hydrazone groups is 1. The number of carbonyl (C=O) groups excluding carboxylic acids is 1. The molecule has 0 bridgehead atoms. The van der Waals surface area contributed by atoms with Crippen molar-refractivity contribution in [2.24, 2.45) is 10.8 Å². The SMILES string of the molecule is CC[C@H](OC)C(=O)N1N=C(c2cc(F)ccc2F)S[C@@]1(CCCN)c1ccccc1. The van der Waals surface area contributed by atoms with E-state index in [2.05, 4.69) is 5.10 Å². The van der Waals surface area contributed by atoms with E-state index in [-0.39, 0.29) is 16.5 Å². The zero-order chi connectivity index (χ0) is 21.7. The molecular weight excluding hydrogens is 408 g/mol. The quantitative estimate of drug-likeness (QED) is 0.677. The molecule has 2 atom stereocenters. The van der Waals surface area contributed by atoms with Gasteiger partial charge in [-0.1, -0.05) is 49.0 Å². The molecule has 1 heterocycles. The predicted octanol–water partition coefficient (Wildman–Crippen LogP) is 4.22. The number of hydrogen-bond donors (Lipinski definition) is 1. The highest BCUT2D eigenvalue weighted by Crippen LogP contribution is 2.50. The van der Waals surface area contributed by atoms with Crippen LogP contribution < -0.4 is 5.73 Å². The number of ether oxygens (including phenoxy) is 1. The molecule has 1 aliphatic rings. The van der Waals surface area contributed by atoms with Crippen LogP contribution in [0.5, 0.6) is 0 Å². The zero-order valence-corrected chi connectivity index (χ0v) is 17.8. The van der Waals surface area contributed by atoms with E-state index in [1.54, 1.807) is 0 Å². The Morgan fingerprint density at radius 3 is 2.63 bits per heavy atom. The molecule has 0 spiro atoms. The maximum Gasteiger partial charge on any atom is 0.273 e. The van der Waals surface area contributed by atoms with Crippen LogP contribution >= 0.6 is 11.8 Å². The van der Waals surface area contributed by atoms with E-state index >= 15 is 0 Å². The van der Waals surface area contributed by atoms with Crippen molar-refractivity contribution in [1.82, 2.24) is 5.01 Å². The first-order valence-electron chi connectivity index (χ1n) is 9.82. The van der Waals surface area contributed by atoms with Gasteiger partial charge < -0.3 is 10.5 Å².